The summed E-state index contributed by atoms with van der Waals surface area (Å²) in [5.41, 5.74) is 1.17. The quantitative estimate of drug-likeness (QED) is 0.839. The predicted octanol–water partition coefficient (Wildman–Crippen LogP) is 3.91. The molecular formula is C19H29NO2. The van der Waals surface area contributed by atoms with E-state index in [2.05, 4.69) is 5.32 Å². The molecule has 1 aromatic carbocycles. The Morgan fingerprint density at radius 1 is 0.909 bits per heavy atom. The highest BCUT2D eigenvalue weighted by Gasteiger charge is 2.31. The Morgan fingerprint density at radius 3 is 1.86 bits per heavy atom. The molecule has 0 aliphatic rings. The van der Waals surface area contributed by atoms with Gasteiger partial charge in [-0.25, -0.2) is 0 Å². The molecule has 0 heterocycles. The molecule has 0 amide bonds. The van der Waals surface area contributed by atoms with Gasteiger partial charge < -0.3 is 5.32 Å². The molecule has 0 saturated heterocycles. The molecule has 0 aliphatic carbocycles. The first kappa shape index (κ1) is 18.6. The van der Waals surface area contributed by atoms with E-state index in [1.807, 2.05) is 66.8 Å². The molecule has 0 spiro atoms. The smallest absolute Gasteiger partial charge is 0.168 e. The van der Waals surface area contributed by atoms with Gasteiger partial charge in [0.1, 0.15) is 0 Å². The van der Waals surface area contributed by atoms with Crippen molar-refractivity contribution in [2.45, 2.75) is 48.0 Å². The summed E-state index contributed by atoms with van der Waals surface area (Å²) >= 11 is 0. The third-order valence-electron chi connectivity index (χ3n) is 3.60. The van der Waals surface area contributed by atoms with Crippen LogP contribution in [0, 0.1) is 10.8 Å². The van der Waals surface area contributed by atoms with Crippen molar-refractivity contribution in [3.63, 3.8) is 0 Å². The number of hydrogen-bond donors (Lipinski definition) is 1. The van der Waals surface area contributed by atoms with Crippen molar-refractivity contribution in [1.82, 2.24) is 5.32 Å². The first-order valence-corrected chi connectivity index (χ1v) is 7.85. The fourth-order valence-corrected chi connectivity index (χ4v) is 2.21. The molecular weight excluding hydrogens is 274 g/mol. The van der Waals surface area contributed by atoms with Gasteiger partial charge in [-0.05, 0) is 31.6 Å². The Labute approximate surface area is 134 Å². The number of Topliss-reactive ketones (excluding diaryl/α,β-unsaturated/α-hetero) is 2. The highest BCUT2D eigenvalue weighted by molar-refractivity contribution is 6.12. The highest BCUT2D eigenvalue weighted by atomic mass is 16.1. The van der Waals surface area contributed by atoms with Crippen molar-refractivity contribution in [2.24, 2.45) is 10.8 Å². The van der Waals surface area contributed by atoms with Crippen LogP contribution < -0.4 is 5.32 Å². The number of benzene rings is 1. The average molecular weight is 303 g/mol. The van der Waals surface area contributed by atoms with Gasteiger partial charge in [-0.2, -0.15) is 0 Å². The fraction of sp³-hybridized carbons (Fsp3) is 0.579. The van der Waals surface area contributed by atoms with Gasteiger partial charge in [0.2, 0.25) is 0 Å². The average Bonchev–Trinajstić information content (AvgIpc) is 2.41. The van der Waals surface area contributed by atoms with E-state index in [9.17, 15) is 9.59 Å². The minimum Gasteiger partial charge on any atom is -0.319 e. The van der Waals surface area contributed by atoms with Gasteiger partial charge in [0, 0.05) is 22.0 Å². The SMILES string of the molecule is CNCCc1ccc(C(=O)C(C)(C)C)c(C(=O)C(C)(C)C)c1. The van der Waals surface area contributed by atoms with E-state index in [-0.39, 0.29) is 11.6 Å². The van der Waals surface area contributed by atoms with Crippen molar-refractivity contribution >= 4 is 11.6 Å². The number of nitrogens with one attached hydrogen (secondary N) is 1. The minimum atomic E-state index is -0.505. The summed E-state index contributed by atoms with van der Waals surface area (Å²) < 4.78 is 0. The molecule has 22 heavy (non-hydrogen) atoms. The van der Waals surface area contributed by atoms with Crippen LogP contribution in [-0.2, 0) is 6.42 Å². The van der Waals surface area contributed by atoms with Crippen LogP contribution >= 0.6 is 0 Å². The van der Waals surface area contributed by atoms with Crippen LogP contribution in [-0.4, -0.2) is 25.2 Å². The molecule has 1 aromatic rings. The monoisotopic (exact) mass is 303 g/mol. The molecule has 0 unspecified atom stereocenters. The number of likely N-dealkylation sites (N-methyl/N-ethyl adjacent to an activating group) is 1. The number of ketones is 2. The van der Waals surface area contributed by atoms with E-state index >= 15 is 0 Å². The fourth-order valence-electron chi connectivity index (χ4n) is 2.21. The molecule has 0 bridgehead atoms. The van der Waals surface area contributed by atoms with Crippen LogP contribution in [0.25, 0.3) is 0 Å². The van der Waals surface area contributed by atoms with Crippen LogP contribution in [0.5, 0.6) is 0 Å². The molecule has 1 rings (SSSR count). The number of carbonyl (C=O) groups is 2. The third-order valence-corrected chi connectivity index (χ3v) is 3.60. The van der Waals surface area contributed by atoms with Gasteiger partial charge in [-0.1, -0.05) is 53.7 Å². The molecule has 0 radical (unpaired) electrons. The Hall–Kier alpha value is -1.48. The Balaban J connectivity index is 3.38. The Bertz CT molecular complexity index is 560. The van der Waals surface area contributed by atoms with Crippen molar-refractivity contribution in [3.8, 4) is 0 Å². The molecule has 1 N–H and O–H groups in total. The topological polar surface area (TPSA) is 46.2 Å². The Morgan fingerprint density at radius 2 is 1.41 bits per heavy atom. The zero-order chi connectivity index (χ0) is 17.1. The molecule has 3 nitrogen and oxygen atoms in total. The summed E-state index contributed by atoms with van der Waals surface area (Å²) in [6.45, 7) is 12.2. The summed E-state index contributed by atoms with van der Waals surface area (Å²) in [7, 11) is 1.90. The maximum Gasteiger partial charge on any atom is 0.168 e. The summed E-state index contributed by atoms with van der Waals surface area (Å²) in [6, 6.07) is 5.66. The lowest BCUT2D eigenvalue weighted by Gasteiger charge is -2.23. The van der Waals surface area contributed by atoms with Crippen molar-refractivity contribution < 1.29 is 9.59 Å². The first-order chi connectivity index (χ1) is 9.98. The van der Waals surface area contributed by atoms with E-state index in [1.165, 1.54) is 0 Å². The number of rotatable bonds is 5. The van der Waals surface area contributed by atoms with Crippen molar-refractivity contribution in [3.05, 3.63) is 34.9 Å². The molecule has 0 atom stereocenters. The lowest BCUT2D eigenvalue weighted by atomic mass is 9.79. The zero-order valence-corrected chi connectivity index (χ0v) is 15.0. The summed E-state index contributed by atoms with van der Waals surface area (Å²) in [6.07, 6.45) is 0.838. The van der Waals surface area contributed by atoms with E-state index < -0.39 is 10.8 Å². The zero-order valence-electron chi connectivity index (χ0n) is 15.0. The lowest BCUT2D eigenvalue weighted by Crippen LogP contribution is -2.27. The van der Waals surface area contributed by atoms with E-state index in [0.29, 0.717) is 11.1 Å². The largest absolute Gasteiger partial charge is 0.319 e. The van der Waals surface area contributed by atoms with Crippen molar-refractivity contribution in [2.75, 3.05) is 13.6 Å². The molecule has 3 heteroatoms. The second kappa shape index (κ2) is 6.74. The minimum absolute atomic E-state index is 0.0141. The molecule has 0 fully saturated rings. The van der Waals surface area contributed by atoms with E-state index in [4.69, 9.17) is 0 Å². The Kier molecular flexibility index (Phi) is 5.69. The van der Waals surface area contributed by atoms with Gasteiger partial charge in [-0.3, -0.25) is 9.59 Å². The van der Waals surface area contributed by atoms with Crippen LogP contribution in [0.2, 0.25) is 0 Å². The molecule has 0 aromatic heterocycles. The van der Waals surface area contributed by atoms with Crippen LogP contribution in [0.1, 0.15) is 67.8 Å². The molecule has 0 aliphatic heterocycles. The molecule has 122 valence electrons. The normalized spacial score (nSPS) is 12.3. The van der Waals surface area contributed by atoms with Crippen LogP contribution in [0.4, 0.5) is 0 Å². The van der Waals surface area contributed by atoms with Gasteiger partial charge in [-0.15, -0.1) is 0 Å². The lowest BCUT2D eigenvalue weighted by molar-refractivity contribution is 0.0823. The maximum absolute atomic E-state index is 12.8. The number of carbonyl (C=O) groups excluding carboxylic acids is 2. The maximum atomic E-state index is 12.8. The highest BCUT2D eigenvalue weighted by Crippen LogP contribution is 2.29. The predicted molar refractivity (Wildman–Crippen MR) is 91.6 cm³/mol. The summed E-state index contributed by atoms with van der Waals surface area (Å²) in [5.74, 6) is 0.0340. The van der Waals surface area contributed by atoms with Gasteiger partial charge in [0.25, 0.3) is 0 Å². The van der Waals surface area contributed by atoms with Crippen LogP contribution in [0.15, 0.2) is 18.2 Å². The van der Waals surface area contributed by atoms with E-state index in [0.717, 1.165) is 18.5 Å². The van der Waals surface area contributed by atoms with Gasteiger partial charge >= 0.3 is 0 Å². The first-order valence-electron chi connectivity index (χ1n) is 7.85. The summed E-state index contributed by atoms with van der Waals surface area (Å²) in [4.78, 5) is 25.5. The van der Waals surface area contributed by atoms with Crippen LogP contribution in [0.3, 0.4) is 0 Å². The van der Waals surface area contributed by atoms with Gasteiger partial charge in [0.05, 0.1) is 0 Å². The standard InChI is InChI=1S/C19H29NO2/c1-18(2,3)16(21)14-9-8-13(10-11-20-7)12-15(14)17(22)19(4,5)6/h8-9,12,20H,10-11H2,1-7H3. The third kappa shape index (κ3) is 4.51. The second-order valence-electron chi connectivity index (χ2n) is 7.89. The van der Waals surface area contributed by atoms with Gasteiger partial charge in [0.15, 0.2) is 11.6 Å². The molecule has 0 saturated carbocycles. The number of hydrogen-bond acceptors (Lipinski definition) is 3. The van der Waals surface area contributed by atoms with E-state index in [1.54, 1.807) is 0 Å². The second-order valence-corrected chi connectivity index (χ2v) is 7.89. The van der Waals surface area contributed by atoms with Crippen molar-refractivity contribution in [1.29, 1.82) is 0 Å². The summed E-state index contributed by atoms with van der Waals surface area (Å²) in [5, 5.41) is 3.10.